The average Bonchev–Trinajstić information content (AvgIpc) is 3.08. The molecule has 0 amide bonds. The third-order valence-electron chi connectivity index (χ3n) is 3.64. The van der Waals surface area contributed by atoms with Gasteiger partial charge in [0.15, 0.2) is 0 Å². The van der Waals surface area contributed by atoms with Gasteiger partial charge in [-0.25, -0.2) is 9.97 Å². The van der Waals surface area contributed by atoms with Crippen molar-refractivity contribution in [2.75, 3.05) is 0 Å². The van der Waals surface area contributed by atoms with E-state index in [1.165, 1.54) is 0 Å². The number of aromatic nitrogens is 4. The molecule has 6 heteroatoms. The molecule has 0 saturated heterocycles. The van der Waals surface area contributed by atoms with Crippen LogP contribution in [0.15, 0.2) is 42.5 Å². The van der Waals surface area contributed by atoms with Gasteiger partial charge in [-0.3, -0.25) is 11.1 Å². The number of imidazole rings is 2. The maximum absolute atomic E-state index is 5.62. The Hall–Kier alpha value is -3.15. The van der Waals surface area contributed by atoms with Gasteiger partial charge in [-0.1, -0.05) is 12.1 Å². The summed E-state index contributed by atoms with van der Waals surface area (Å²) >= 11 is 0. The van der Waals surface area contributed by atoms with E-state index in [9.17, 15) is 0 Å². The monoisotopic (exact) mass is 291 g/mol. The van der Waals surface area contributed by atoms with Gasteiger partial charge in [0.05, 0.1) is 34.1 Å². The Bertz CT molecular complexity index is 961. The maximum Gasteiger partial charge on any atom is 0.270 e. The van der Waals surface area contributed by atoms with Crippen LogP contribution >= 0.6 is 0 Å². The number of amidine groups is 1. The molecular weight excluding hydrogens is 276 g/mol. The molecule has 0 aliphatic heterocycles. The van der Waals surface area contributed by atoms with Crippen molar-refractivity contribution in [2.24, 2.45) is 5.73 Å². The molecule has 4 rings (SSSR count). The number of aromatic amines is 2. The Kier molecular flexibility index (Phi) is 2.69. The number of nitrogens with one attached hydrogen (secondary N) is 2. The summed E-state index contributed by atoms with van der Waals surface area (Å²) in [5, 5.41) is 5.62. The van der Waals surface area contributed by atoms with E-state index in [4.69, 9.17) is 11.1 Å². The quantitative estimate of drug-likeness (QED) is 0.326. The molecule has 108 valence electrons. The molecule has 2 aromatic carbocycles. The molecule has 6 nitrogen and oxygen atoms in total. The van der Waals surface area contributed by atoms with Crippen LogP contribution < -0.4 is 11.1 Å². The van der Waals surface area contributed by atoms with Crippen LogP contribution in [-0.4, -0.2) is 25.8 Å². The van der Waals surface area contributed by atoms with Gasteiger partial charge < -0.3 is 9.97 Å². The lowest BCUT2D eigenvalue weighted by Crippen LogP contribution is -2.46. The van der Waals surface area contributed by atoms with Crippen molar-refractivity contribution in [3.05, 3.63) is 59.7 Å². The first kappa shape index (κ1) is 12.6. The Balaban J connectivity index is 1.70. The molecule has 0 aliphatic carbocycles. The van der Waals surface area contributed by atoms with E-state index in [0.29, 0.717) is 12.3 Å². The molecule has 0 fully saturated rings. The molecule has 0 saturated carbocycles. The van der Waals surface area contributed by atoms with E-state index < -0.39 is 0 Å². The lowest BCUT2D eigenvalue weighted by Gasteiger charge is -1.92. The highest BCUT2D eigenvalue weighted by Crippen LogP contribution is 2.16. The van der Waals surface area contributed by atoms with Crippen LogP contribution in [0.1, 0.15) is 17.2 Å². The Labute approximate surface area is 125 Å². The number of nitrogens with zero attached hydrogens (tertiary/aromatic N) is 2. The van der Waals surface area contributed by atoms with Crippen LogP contribution in [0.4, 0.5) is 0 Å². The summed E-state index contributed by atoms with van der Waals surface area (Å²) in [5.74, 6) is 2.03. The molecule has 0 atom stereocenters. The van der Waals surface area contributed by atoms with Crippen LogP contribution in [0.25, 0.3) is 22.1 Å². The topological polar surface area (TPSA) is 109 Å². The standard InChI is InChI=1S/C16H14N6/c17-16(18)9-5-6-12-13(7-9)22-15(21-12)8-14-19-10-3-1-2-4-11(10)20-14/h1-7H,8H2,(H3,17,18)(H,19,20)(H,21,22)/p+1. The summed E-state index contributed by atoms with van der Waals surface area (Å²) < 4.78 is 0. The number of hydrogen-bond donors (Lipinski definition) is 4. The zero-order valence-electron chi connectivity index (χ0n) is 11.8. The number of benzene rings is 2. The molecule has 2 heterocycles. The van der Waals surface area contributed by atoms with E-state index in [2.05, 4.69) is 19.9 Å². The SMILES string of the molecule is NC(=[NH2+])c1ccc2nc(Cc3nc4ccccc4[nH]3)[nH]c2c1. The Morgan fingerprint density at radius 1 is 0.955 bits per heavy atom. The highest BCUT2D eigenvalue weighted by molar-refractivity contribution is 5.96. The molecule has 2 aromatic heterocycles. The number of nitrogens with two attached hydrogens (primary N) is 2. The van der Waals surface area contributed by atoms with Gasteiger partial charge in [0.1, 0.15) is 11.6 Å². The summed E-state index contributed by atoms with van der Waals surface area (Å²) in [6.45, 7) is 0. The smallest absolute Gasteiger partial charge is 0.270 e. The maximum atomic E-state index is 5.62. The molecule has 0 unspecified atom stereocenters. The fraction of sp³-hybridized carbons (Fsp3) is 0.0625. The zero-order valence-corrected chi connectivity index (χ0v) is 11.8. The summed E-state index contributed by atoms with van der Waals surface area (Å²) in [5.41, 5.74) is 10.2. The number of H-pyrrole nitrogens is 2. The van der Waals surface area contributed by atoms with E-state index in [1.54, 1.807) is 0 Å². The minimum absolute atomic E-state index is 0.301. The van der Waals surface area contributed by atoms with Crippen molar-refractivity contribution >= 4 is 27.9 Å². The summed E-state index contributed by atoms with van der Waals surface area (Å²) in [7, 11) is 0. The van der Waals surface area contributed by atoms with Crippen LogP contribution in [-0.2, 0) is 6.42 Å². The van der Waals surface area contributed by atoms with Crippen LogP contribution in [0.2, 0.25) is 0 Å². The average molecular weight is 291 g/mol. The predicted octanol–water partition coefficient (Wildman–Crippen LogP) is 0.494. The van der Waals surface area contributed by atoms with Crippen molar-refractivity contribution in [1.82, 2.24) is 19.9 Å². The minimum atomic E-state index is 0.301. The molecule has 6 N–H and O–H groups in total. The van der Waals surface area contributed by atoms with Gasteiger partial charge in [-0.15, -0.1) is 0 Å². The van der Waals surface area contributed by atoms with Crippen molar-refractivity contribution < 1.29 is 5.41 Å². The second kappa shape index (κ2) is 4.70. The largest absolute Gasteiger partial charge is 0.342 e. The van der Waals surface area contributed by atoms with Crippen molar-refractivity contribution in [1.29, 1.82) is 0 Å². The summed E-state index contributed by atoms with van der Waals surface area (Å²) in [6, 6.07) is 13.6. The molecule has 0 aliphatic rings. The molecule has 22 heavy (non-hydrogen) atoms. The number of para-hydroxylation sites is 2. The third-order valence-corrected chi connectivity index (χ3v) is 3.64. The van der Waals surface area contributed by atoms with Crippen LogP contribution in [0.5, 0.6) is 0 Å². The predicted molar refractivity (Wildman–Crippen MR) is 85.2 cm³/mol. The first-order valence-electron chi connectivity index (χ1n) is 6.99. The lowest BCUT2D eigenvalue weighted by molar-refractivity contribution is -0.114. The second-order valence-corrected chi connectivity index (χ2v) is 5.25. The van der Waals surface area contributed by atoms with E-state index >= 15 is 0 Å². The molecule has 0 bridgehead atoms. The van der Waals surface area contributed by atoms with E-state index in [1.807, 2.05) is 42.5 Å². The lowest BCUT2D eigenvalue weighted by atomic mass is 10.2. The highest BCUT2D eigenvalue weighted by Gasteiger charge is 2.09. The Morgan fingerprint density at radius 3 is 2.36 bits per heavy atom. The van der Waals surface area contributed by atoms with Gasteiger partial charge in [0.25, 0.3) is 5.84 Å². The van der Waals surface area contributed by atoms with Crippen molar-refractivity contribution in [2.45, 2.75) is 6.42 Å². The first-order chi connectivity index (χ1) is 10.7. The normalized spacial score (nSPS) is 11.3. The summed E-state index contributed by atoms with van der Waals surface area (Å²) in [4.78, 5) is 15.7. The fourth-order valence-electron chi connectivity index (χ4n) is 2.57. The van der Waals surface area contributed by atoms with Gasteiger partial charge in [0.2, 0.25) is 0 Å². The van der Waals surface area contributed by atoms with Gasteiger partial charge in [-0.05, 0) is 30.3 Å². The van der Waals surface area contributed by atoms with Crippen LogP contribution in [0.3, 0.4) is 0 Å². The minimum Gasteiger partial charge on any atom is -0.342 e. The highest BCUT2D eigenvalue weighted by atomic mass is 15.0. The number of rotatable bonds is 3. The van der Waals surface area contributed by atoms with Gasteiger partial charge in [-0.2, -0.15) is 0 Å². The zero-order chi connectivity index (χ0) is 15.1. The van der Waals surface area contributed by atoms with E-state index in [-0.39, 0.29) is 0 Å². The third kappa shape index (κ3) is 2.10. The van der Waals surface area contributed by atoms with Crippen LogP contribution in [0, 0.1) is 0 Å². The molecule has 0 spiro atoms. The van der Waals surface area contributed by atoms with Crippen molar-refractivity contribution in [3.8, 4) is 0 Å². The Morgan fingerprint density at radius 2 is 1.64 bits per heavy atom. The summed E-state index contributed by atoms with van der Waals surface area (Å²) in [6.07, 6.45) is 0.612. The first-order valence-corrected chi connectivity index (χ1v) is 6.99. The molecule has 4 aromatic rings. The molecule has 0 radical (unpaired) electrons. The molecular formula is C16H15N6+. The van der Waals surface area contributed by atoms with E-state index in [0.717, 1.165) is 39.3 Å². The second-order valence-electron chi connectivity index (χ2n) is 5.25. The van der Waals surface area contributed by atoms with Gasteiger partial charge >= 0.3 is 0 Å². The number of fused-ring (bicyclic) bond motifs is 2. The van der Waals surface area contributed by atoms with Gasteiger partial charge in [0, 0.05) is 0 Å². The van der Waals surface area contributed by atoms with Crippen molar-refractivity contribution in [3.63, 3.8) is 0 Å². The number of hydrogen-bond acceptors (Lipinski definition) is 2. The fourth-order valence-corrected chi connectivity index (χ4v) is 2.57.